The van der Waals surface area contributed by atoms with Crippen LogP contribution < -0.4 is 0 Å². The Morgan fingerprint density at radius 3 is 2.79 bits per heavy atom. The molecule has 19 heavy (non-hydrogen) atoms. The summed E-state index contributed by atoms with van der Waals surface area (Å²) in [6, 6.07) is 1.87. The van der Waals surface area contributed by atoms with Gasteiger partial charge >= 0.3 is 5.97 Å². The second-order valence-corrected chi connectivity index (χ2v) is 4.96. The molecule has 0 spiro atoms. The zero-order valence-electron chi connectivity index (χ0n) is 11.3. The monoisotopic (exact) mass is 260 g/mol. The molecule has 6 nitrogen and oxygen atoms in total. The van der Waals surface area contributed by atoms with Gasteiger partial charge in [0.25, 0.3) is 0 Å². The van der Waals surface area contributed by atoms with E-state index in [0.717, 1.165) is 30.0 Å². The van der Waals surface area contributed by atoms with E-state index in [4.69, 9.17) is 4.74 Å². The van der Waals surface area contributed by atoms with Gasteiger partial charge in [0.15, 0.2) is 11.5 Å². The summed E-state index contributed by atoms with van der Waals surface area (Å²) in [6.07, 6.45) is 1.53. The number of ether oxygens (including phenoxy) is 1. The Balaban J connectivity index is 2.14. The lowest BCUT2D eigenvalue weighted by Crippen LogP contribution is -2.26. The number of carbonyl (C=O) groups excluding carboxylic acids is 1. The van der Waals surface area contributed by atoms with Crippen LogP contribution in [0.2, 0.25) is 0 Å². The van der Waals surface area contributed by atoms with E-state index in [1.54, 1.807) is 0 Å². The van der Waals surface area contributed by atoms with Gasteiger partial charge in [-0.25, -0.2) is 4.98 Å². The van der Waals surface area contributed by atoms with E-state index in [0.29, 0.717) is 12.4 Å². The number of hydrogen-bond acceptors (Lipinski definition) is 5. The summed E-state index contributed by atoms with van der Waals surface area (Å²) in [6.45, 7) is 6.01. The standard InChI is InChI=1S/C13H16N4O2/c1-4-19-12(18)13(5-6-13)11-16-15-10-7-8(2)14-9(3)17(10)11/h7H,4-6H2,1-3H3. The summed E-state index contributed by atoms with van der Waals surface area (Å²) in [4.78, 5) is 16.5. The first kappa shape index (κ1) is 12.1. The van der Waals surface area contributed by atoms with Crippen molar-refractivity contribution in [2.45, 2.75) is 39.0 Å². The molecule has 0 aromatic carbocycles. The molecule has 2 aromatic heterocycles. The van der Waals surface area contributed by atoms with Crippen LogP contribution in [0, 0.1) is 13.8 Å². The van der Waals surface area contributed by atoms with Crippen molar-refractivity contribution in [3.63, 3.8) is 0 Å². The molecule has 1 aliphatic carbocycles. The van der Waals surface area contributed by atoms with Crippen molar-refractivity contribution in [3.05, 3.63) is 23.4 Å². The number of esters is 1. The SMILES string of the molecule is CCOC(=O)C1(c2nnc3cc(C)nc(C)n23)CC1. The van der Waals surface area contributed by atoms with E-state index in [-0.39, 0.29) is 5.97 Å². The molecule has 0 amide bonds. The second-order valence-electron chi connectivity index (χ2n) is 4.96. The van der Waals surface area contributed by atoms with E-state index >= 15 is 0 Å². The van der Waals surface area contributed by atoms with Crippen molar-refractivity contribution in [1.29, 1.82) is 0 Å². The molecule has 2 aromatic rings. The molecule has 2 heterocycles. The molecule has 0 N–H and O–H groups in total. The van der Waals surface area contributed by atoms with Gasteiger partial charge in [0.05, 0.1) is 6.61 Å². The molecule has 0 saturated heterocycles. The summed E-state index contributed by atoms with van der Waals surface area (Å²) in [5.74, 6) is 1.25. The van der Waals surface area contributed by atoms with Crippen LogP contribution >= 0.6 is 0 Å². The van der Waals surface area contributed by atoms with Gasteiger partial charge in [-0.1, -0.05) is 0 Å². The van der Waals surface area contributed by atoms with Crippen LogP contribution in [0.3, 0.4) is 0 Å². The maximum Gasteiger partial charge on any atom is 0.319 e. The van der Waals surface area contributed by atoms with Crippen molar-refractivity contribution in [2.24, 2.45) is 0 Å². The molecule has 0 unspecified atom stereocenters. The van der Waals surface area contributed by atoms with Gasteiger partial charge < -0.3 is 4.74 Å². The quantitative estimate of drug-likeness (QED) is 0.779. The predicted octanol–water partition coefficient (Wildman–Crippen LogP) is 1.34. The van der Waals surface area contributed by atoms with Crippen LogP contribution in [-0.4, -0.2) is 32.2 Å². The van der Waals surface area contributed by atoms with Crippen LogP contribution in [0.5, 0.6) is 0 Å². The van der Waals surface area contributed by atoms with E-state index < -0.39 is 5.41 Å². The number of carbonyl (C=O) groups is 1. The maximum atomic E-state index is 12.1. The average molecular weight is 260 g/mol. The highest BCUT2D eigenvalue weighted by atomic mass is 16.5. The minimum atomic E-state index is -0.614. The van der Waals surface area contributed by atoms with Crippen LogP contribution in [-0.2, 0) is 14.9 Å². The first-order valence-corrected chi connectivity index (χ1v) is 6.45. The molecule has 0 atom stereocenters. The molecular weight excluding hydrogens is 244 g/mol. The number of aromatic nitrogens is 4. The Bertz CT molecular complexity index is 658. The van der Waals surface area contributed by atoms with Crippen LogP contribution in [0.15, 0.2) is 6.07 Å². The Kier molecular flexibility index (Phi) is 2.55. The molecule has 3 rings (SSSR count). The molecule has 0 aliphatic heterocycles. The van der Waals surface area contributed by atoms with Gasteiger partial charge in [0, 0.05) is 11.8 Å². The highest BCUT2D eigenvalue weighted by Gasteiger charge is 2.56. The van der Waals surface area contributed by atoms with E-state index in [1.165, 1.54) is 0 Å². The topological polar surface area (TPSA) is 69.4 Å². The fourth-order valence-corrected chi connectivity index (χ4v) is 2.46. The third-order valence-electron chi connectivity index (χ3n) is 3.53. The molecule has 0 radical (unpaired) electrons. The molecule has 1 saturated carbocycles. The van der Waals surface area contributed by atoms with Crippen molar-refractivity contribution >= 4 is 11.6 Å². The van der Waals surface area contributed by atoms with Gasteiger partial charge in [-0.2, -0.15) is 0 Å². The largest absolute Gasteiger partial charge is 0.465 e. The number of rotatable bonds is 3. The maximum absolute atomic E-state index is 12.1. The number of nitrogens with zero attached hydrogens (tertiary/aromatic N) is 4. The smallest absolute Gasteiger partial charge is 0.319 e. The van der Waals surface area contributed by atoms with Crippen molar-refractivity contribution in [3.8, 4) is 0 Å². The van der Waals surface area contributed by atoms with E-state index in [9.17, 15) is 4.79 Å². The summed E-state index contributed by atoms with van der Waals surface area (Å²) >= 11 is 0. The lowest BCUT2D eigenvalue weighted by molar-refractivity contribution is -0.146. The summed E-state index contributed by atoms with van der Waals surface area (Å²) in [7, 11) is 0. The fraction of sp³-hybridized carbons (Fsp3) is 0.538. The van der Waals surface area contributed by atoms with Crippen molar-refractivity contribution in [1.82, 2.24) is 19.6 Å². The van der Waals surface area contributed by atoms with Crippen LogP contribution in [0.1, 0.15) is 37.1 Å². The molecular formula is C13H16N4O2. The lowest BCUT2D eigenvalue weighted by Gasteiger charge is -2.12. The molecule has 1 aliphatic rings. The number of aryl methyl sites for hydroxylation is 2. The molecule has 0 bridgehead atoms. The summed E-state index contributed by atoms with van der Waals surface area (Å²) in [5.41, 5.74) is 1.01. The van der Waals surface area contributed by atoms with Crippen molar-refractivity contribution < 1.29 is 9.53 Å². The number of hydrogen-bond donors (Lipinski definition) is 0. The van der Waals surface area contributed by atoms with E-state index in [1.807, 2.05) is 31.2 Å². The van der Waals surface area contributed by atoms with Gasteiger partial charge in [-0.05, 0) is 33.6 Å². The molecule has 1 fully saturated rings. The summed E-state index contributed by atoms with van der Waals surface area (Å²) in [5, 5.41) is 8.36. The normalized spacial score (nSPS) is 16.6. The van der Waals surface area contributed by atoms with Gasteiger partial charge in [0.2, 0.25) is 0 Å². The highest BCUT2D eigenvalue weighted by molar-refractivity contribution is 5.85. The molecule has 6 heteroatoms. The van der Waals surface area contributed by atoms with Crippen molar-refractivity contribution in [2.75, 3.05) is 6.61 Å². The Morgan fingerprint density at radius 1 is 1.42 bits per heavy atom. The fourth-order valence-electron chi connectivity index (χ4n) is 2.46. The zero-order valence-corrected chi connectivity index (χ0v) is 11.3. The highest BCUT2D eigenvalue weighted by Crippen LogP contribution is 2.48. The second kappa shape index (κ2) is 4.01. The predicted molar refractivity (Wildman–Crippen MR) is 67.8 cm³/mol. The Hall–Kier alpha value is -1.98. The first-order valence-electron chi connectivity index (χ1n) is 6.45. The first-order chi connectivity index (χ1) is 9.08. The van der Waals surface area contributed by atoms with Gasteiger partial charge in [-0.3, -0.25) is 9.20 Å². The third-order valence-corrected chi connectivity index (χ3v) is 3.53. The summed E-state index contributed by atoms with van der Waals surface area (Å²) < 4.78 is 7.02. The van der Waals surface area contributed by atoms with Gasteiger partial charge in [-0.15, -0.1) is 10.2 Å². The third kappa shape index (κ3) is 1.70. The van der Waals surface area contributed by atoms with Gasteiger partial charge in [0.1, 0.15) is 11.2 Å². The van der Waals surface area contributed by atoms with Crippen LogP contribution in [0.4, 0.5) is 0 Å². The Morgan fingerprint density at radius 2 is 2.16 bits per heavy atom. The minimum absolute atomic E-state index is 0.204. The van der Waals surface area contributed by atoms with Crippen LogP contribution in [0.25, 0.3) is 5.65 Å². The molecule has 100 valence electrons. The lowest BCUT2D eigenvalue weighted by atomic mass is 10.1. The Labute approximate surface area is 110 Å². The average Bonchev–Trinajstić information content (AvgIpc) is 3.05. The minimum Gasteiger partial charge on any atom is -0.465 e. The van der Waals surface area contributed by atoms with E-state index in [2.05, 4.69) is 15.2 Å². The number of fused-ring (bicyclic) bond motifs is 1. The zero-order chi connectivity index (χ0) is 13.6.